The van der Waals surface area contributed by atoms with Crippen LogP contribution in [0.1, 0.15) is 71.1 Å². The zero-order valence-corrected chi connectivity index (χ0v) is 19.9. The number of methoxy groups -OCH3 is 1. The minimum Gasteiger partial charge on any atom is -0.469 e. The molecule has 0 spiro atoms. The van der Waals surface area contributed by atoms with Crippen LogP contribution in [-0.2, 0) is 9.53 Å². The van der Waals surface area contributed by atoms with Crippen LogP contribution >= 0.6 is 0 Å². The fourth-order valence-corrected chi connectivity index (χ4v) is 6.24. The van der Waals surface area contributed by atoms with Crippen molar-refractivity contribution < 1.29 is 13.9 Å². The highest BCUT2D eigenvalue weighted by Crippen LogP contribution is 2.40. The first kappa shape index (κ1) is 23.3. The molecule has 2 saturated heterocycles. The van der Waals surface area contributed by atoms with E-state index < -0.39 is 5.41 Å². The standard InChI is InChI=1S/C26H40FN3O2/c1-20-7-6-16-30(20)21-10-17-29(18-11-21)22-8-9-24(23(27)19-22)28-15-14-26(25(31)32-2)12-4-3-5-13-26/h8-9,19-21,28H,3-7,10-18H2,1-2H3. The Balaban J connectivity index is 1.30. The molecule has 32 heavy (non-hydrogen) atoms. The van der Waals surface area contributed by atoms with Gasteiger partial charge in [0, 0.05) is 37.4 Å². The summed E-state index contributed by atoms with van der Waals surface area (Å²) in [6.07, 6.45) is 10.7. The number of ether oxygens (including phenoxy) is 1. The number of rotatable bonds is 7. The summed E-state index contributed by atoms with van der Waals surface area (Å²) in [5.41, 5.74) is 1.08. The number of halogens is 1. The minimum absolute atomic E-state index is 0.110. The van der Waals surface area contributed by atoms with E-state index in [4.69, 9.17) is 4.74 Å². The number of piperidine rings is 1. The van der Waals surface area contributed by atoms with Crippen LogP contribution < -0.4 is 10.2 Å². The minimum atomic E-state index is -0.409. The predicted molar refractivity (Wildman–Crippen MR) is 128 cm³/mol. The number of nitrogens with zero attached hydrogens (tertiary/aromatic N) is 2. The molecule has 3 fully saturated rings. The average Bonchev–Trinajstić information content (AvgIpc) is 3.26. The number of nitrogens with one attached hydrogen (secondary N) is 1. The Morgan fingerprint density at radius 2 is 1.88 bits per heavy atom. The molecule has 2 aliphatic heterocycles. The van der Waals surface area contributed by atoms with Gasteiger partial charge in [-0.15, -0.1) is 0 Å². The molecule has 0 bridgehead atoms. The maximum Gasteiger partial charge on any atom is 0.311 e. The van der Waals surface area contributed by atoms with Gasteiger partial charge >= 0.3 is 5.97 Å². The molecule has 2 heterocycles. The molecule has 4 rings (SSSR count). The second-order valence-corrected chi connectivity index (χ2v) is 10.1. The zero-order chi connectivity index (χ0) is 22.6. The van der Waals surface area contributed by atoms with Gasteiger partial charge in [0.2, 0.25) is 0 Å². The number of carbonyl (C=O) groups is 1. The van der Waals surface area contributed by atoms with Crippen LogP contribution in [0.15, 0.2) is 18.2 Å². The van der Waals surface area contributed by atoms with Crippen molar-refractivity contribution in [2.75, 3.05) is 43.5 Å². The van der Waals surface area contributed by atoms with Crippen LogP contribution in [0.4, 0.5) is 15.8 Å². The lowest BCUT2D eigenvalue weighted by atomic mass is 9.72. The molecule has 5 nitrogen and oxygen atoms in total. The fourth-order valence-electron chi connectivity index (χ4n) is 6.24. The summed E-state index contributed by atoms with van der Waals surface area (Å²) < 4.78 is 20.0. The second kappa shape index (κ2) is 10.4. The van der Waals surface area contributed by atoms with Crippen molar-refractivity contribution in [1.29, 1.82) is 0 Å². The number of hydrogen-bond donors (Lipinski definition) is 1. The number of likely N-dealkylation sites (tertiary alicyclic amines) is 1. The summed E-state index contributed by atoms with van der Waals surface area (Å²) >= 11 is 0. The molecule has 1 N–H and O–H groups in total. The Morgan fingerprint density at radius 3 is 2.50 bits per heavy atom. The van der Waals surface area contributed by atoms with E-state index in [1.807, 2.05) is 12.1 Å². The van der Waals surface area contributed by atoms with Gasteiger partial charge in [-0.2, -0.15) is 0 Å². The third kappa shape index (κ3) is 5.05. The average molecular weight is 446 g/mol. The summed E-state index contributed by atoms with van der Waals surface area (Å²) in [5.74, 6) is -0.324. The molecule has 0 radical (unpaired) electrons. The van der Waals surface area contributed by atoms with Gasteiger partial charge in [0.1, 0.15) is 5.82 Å². The molecule has 1 aliphatic carbocycles. The van der Waals surface area contributed by atoms with Crippen LogP contribution in [0.2, 0.25) is 0 Å². The van der Waals surface area contributed by atoms with Crippen molar-refractivity contribution in [2.24, 2.45) is 5.41 Å². The number of benzene rings is 1. The van der Waals surface area contributed by atoms with Gasteiger partial charge < -0.3 is 15.0 Å². The Hall–Kier alpha value is -1.82. The van der Waals surface area contributed by atoms with Gasteiger partial charge in [-0.05, 0) is 76.6 Å². The number of esters is 1. The lowest BCUT2D eigenvalue weighted by molar-refractivity contribution is -0.155. The monoisotopic (exact) mass is 445 g/mol. The number of anilines is 2. The van der Waals surface area contributed by atoms with Crippen molar-refractivity contribution >= 4 is 17.3 Å². The molecule has 0 amide bonds. The van der Waals surface area contributed by atoms with Crippen molar-refractivity contribution in [1.82, 2.24) is 4.90 Å². The highest BCUT2D eigenvalue weighted by atomic mass is 19.1. The van der Waals surface area contributed by atoms with E-state index in [2.05, 4.69) is 22.0 Å². The van der Waals surface area contributed by atoms with Crippen LogP contribution in [0, 0.1) is 11.2 Å². The molecule has 178 valence electrons. The summed E-state index contributed by atoms with van der Waals surface area (Å²) in [5, 5.41) is 3.24. The molecular formula is C26H40FN3O2. The van der Waals surface area contributed by atoms with Crippen molar-refractivity contribution in [3.8, 4) is 0 Å². The molecule has 1 aromatic carbocycles. The first-order valence-corrected chi connectivity index (χ1v) is 12.6. The van der Waals surface area contributed by atoms with Crippen molar-refractivity contribution in [3.63, 3.8) is 0 Å². The van der Waals surface area contributed by atoms with E-state index in [9.17, 15) is 9.18 Å². The number of hydrogen-bond acceptors (Lipinski definition) is 5. The fraction of sp³-hybridized carbons (Fsp3) is 0.731. The van der Waals surface area contributed by atoms with Crippen molar-refractivity contribution in [3.05, 3.63) is 24.0 Å². The quantitative estimate of drug-likeness (QED) is 0.584. The molecule has 6 heteroatoms. The summed E-state index contributed by atoms with van der Waals surface area (Å²) in [4.78, 5) is 17.4. The topological polar surface area (TPSA) is 44.8 Å². The maximum absolute atomic E-state index is 14.9. The van der Waals surface area contributed by atoms with Gasteiger partial charge in [-0.1, -0.05) is 19.3 Å². The number of carbonyl (C=O) groups excluding carboxylic acids is 1. The molecule has 1 saturated carbocycles. The molecule has 3 aliphatic rings. The first-order chi connectivity index (χ1) is 15.5. The lowest BCUT2D eigenvalue weighted by Gasteiger charge is -2.39. The maximum atomic E-state index is 14.9. The van der Waals surface area contributed by atoms with Gasteiger partial charge in [0.15, 0.2) is 0 Å². The highest BCUT2D eigenvalue weighted by Gasteiger charge is 2.40. The van der Waals surface area contributed by atoms with E-state index in [1.165, 1.54) is 32.9 Å². The van der Waals surface area contributed by atoms with Gasteiger partial charge in [-0.25, -0.2) is 4.39 Å². The smallest absolute Gasteiger partial charge is 0.311 e. The lowest BCUT2D eigenvalue weighted by Crippen LogP contribution is -2.46. The van der Waals surface area contributed by atoms with E-state index in [1.54, 1.807) is 6.07 Å². The van der Waals surface area contributed by atoms with Crippen molar-refractivity contribution in [2.45, 2.75) is 83.2 Å². The molecule has 1 aromatic rings. The summed E-state index contributed by atoms with van der Waals surface area (Å²) in [7, 11) is 1.47. The van der Waals surface area contributed by atoms with E-state index in [-0.39, 0.29) is 11.8 Å². The Labute approximate surface area is 192 Å². The Kier molecular flexibility index (Phi) is 7.59. The van der Waals surface area contributed by atoms with E-state index >= 15 is 0 Å². The summed E-state index contributed by atoms with van der Waals surface area (Å²) in [6, 6.07) is 6.93. The second-order valence-electron chi connectivity index (χ2n) is 10.1. The summed E-state index contributed by atoms with van der Waals surface area (Å²) in [6.45, 7) is 6.13. The normalized spacial score (nSPS) is 24.5. The Morgan fingerprint density at radius 1 is 1.12 bits per heavy atom. The third-order valence-electron chi connectivity index (χ3n) is 8.20. The van der Waals surface area contributed by atoms with Crippen LogP contribution in [0.3, 0.4) is 0 Å². The Bertz CT molecular complexity index is 772. The SMILES string of the molecule is COC(=O)C1(CCNc2ccc(N3CCC(N4CCCC4C)CC3)cc2F)CCCCC1. The van der Waals surface area contributed by atoms with Crippen LogP contribution in [-0.4, -0.2) is 56.2 Å². The zero-order valence-electron chi connectivity index (χ0n) is 19.9. The van der Waals surface area contributed by atoms with Gasteiger partial charge in [0.05, 0.1) is 18.2 Å². The van der Waals surface area contributed by atoms with Gasteiger partial charge in [-0.3, -0.25) is 9.69 Å². The van der Waals surface area contributed by atoms with Gasteiger partial charge in [0.25, 0.3) is 0 Å². The first-order valence-electron chi connectivity index (χ1n) is 12.6. The molecule has 1 atom stereocenters. The predicted octanol–water partition coefficient (Wildman–Crippen LogP) is 5.20. The molecule has 0 aromatic heterocycles. The highest BCUT2D eigenvalue weighted by molar-refractivity contribution is 5.77. The van der Waals surface area contributed by atoms with Crippen LogP contribution in [0.5, 0.6) is 0 Å². The van der Waals surface area contributed by atoms with E-state index in [0.29, 0.717) is 30.7 Å². The third-order valence-corrected chi connectivity index (χ3v) is 8.20. The molecule has 1 unspecified atom stereocenters. The molecular weight excluding hydrogens is 405 g/mol. The largest absolute Gasteiger partial charge is 0.469 e. The van der Waals surface area contributed by atoms with E-state index in [0.717, 1.165) is 57.3 Å². The van der Waals surface area contributed by atoms with Crippen LogP contribution in [0.25, 0.3) is 0 Å².